The van der Waals surface area contributed by atoms with E-state index in [4.69, 9.17) is 0 Å². The number of nitrogens with one attached hydrogen (secondary N) is 4. The highest BCUT2D eigenvalue weighted by atomic mass is 16.2. The Balaban J connectivity index is 5.03. The molecule has 0 fully saturated rings. The molecular formula is C30H58N4O3. The molecule has 2 amide bonds. The summed E-state index contributed by atoms with van der Waals surface area (Å²) in [5.74, 6) is -0.417. The molecule has 0 aliphatic heterocycles. The highest BCUT2D eigenvalue weighted by Crippen LogP contribution is 2.22. The molecule has 0 saturated carbocycles. The van der Waals surface area contributed by atoms with Gasteiger partial charge in [-0.1, -0.05) is 79.2 Å². The maximum Gasteiger partial charge on any atom is 0.237 e. The van der Waals surface area contributed by atoms with E-state index in [1.807, 2.05) is 40.7 Å². The summed E-state index contributed by atoms with van der Waals surface area (Å²) in [6.07, 6.45) is 11.7. The van der Waals surface area contributed by atoms with Crippen molar-refractivity contribution < 1.29 is 14.4 Å². The van der Waals surface area contributed by atoms with Crippen LogP contribution >= 0.6 is 0 Å². The van der Waals surface area contributed by atoms with Crippen molar-refractivity contribution in [1.82, 2.24) is 21.3 Å². The second-order valence-corrected chi connectivity index (χ2v) is 11.3. The van der Waals surface area contributed by atoms with Gasteiger partial charge in [0, 0.05) is 49.5 Å². The molecule has 0 aromatic carbocycles. The Bertz CT molecular complexity index is 663. The Morgan fingerprint density at radius 2 is 1.41 bits per heavy atom. The van der Waals surface area contributed by atoms with Crippen LogP contribution in [0, 0.1) is 5.92 Å². The van der Waals surface area contributed by atoms with E-state index in [2.05, 4.69) is 41.7 Å². The van der Waals surface area contributed by atoms with Gasteiger partial charge < -0.3 is 21.3 Å². The van der Waals surface area contributed by atoms with Crippen LogP contribution < -0.4 is 21.3 Å². The second kappa shape index (κ2) is 20.3. The zero-order valence-corrected chi connectivity index (χ0v) is 25.0. The Morgan fingerprint density at radius 3 is 1.92 bits per heavy atom. The first-order chi connectivity index (χ1) is 17.5. The van der Waals surface area contributed by atoms with E-state index < -0.39 is 11.6 Å². The van der Waals surface area contributed by atoms with Crippen molar-refractivity contribution in [2.24, 2.45) is 5.92 Å². The quantitative estimate of drug-likeness (QED) is 0.111. The predicted molar refractivity (Wildman–Crippen MR) is 156 cm³/mol. The molecule has 0 aliphatic rings. The molecule has 0 heterocycles. The Labute approximate surface area is 227 Å². The van der Waals surface area contributed by atoms with Crippen molar-refractivity contribution in [3.05, 3.63) is 12.7 Å². The zero-order chi connectivity index (χ0) is 28.3. The number of Topliss-reactive ketones (excluding diaryl/α,β-unsaturated/α-hetero) is 1. The third-order valence-corrected chi connectivity index (χ3v) is 6.96. The molecule has 0 radical (unpaired) electrons. The Hall–Kier alpha value is -1.73. The molecule has 216 valence electrons. The molecule has 3 unspecified atom stereocenters. The lowest BCUT2D eigenvalue weighted by atomic mass is 9.82. The van der Waals surface area contributed by atoms with Crippen LogP contribution in [0.4, 0.5) is 0 Å². The second-order valence-electron chi connectivity index (χ2n) is 11.3. The summed E-state index contributed by atoms with van der Waals surface area (Å²) in [7, 11) is 0. The lowest BCUT2D eigenvalue weighted by molar-refractivity contribution is -0.130. The van der Waals surface area contributed by atoms with E-state index in [9.17, 15) is 14.4 Å². The lowest BCUT2D eigenvalue weighted by Gasteiger charge is -2.36. The average Bonchev–Trinajstić information content (AvgIpc) is 2.82. The molecule has 0 aliphatic carbocycles. The van der Waals surface area contributed by atoms with Crippen molar-refractivity contribution in [2.75, 3.05) is 13.1 Å². The smallest absolute Gasteiger partial charge is 0.237 e. The fourth-order valence-corrected chi connectivity index (χ4v) is 4.42. The number of carbonyl (C=O) groups excluding carboxylic acids is 3. The molecule has 7 heteroatoms. The van der Waals surface area contributed by atoms with Crippen LogP contribution in [0.2, 0.25) is 0 Å². The van der Waals surface area contributed by atoms with Gasteiger partial charge in [-0.3, -0.25) is 14.4 Å². The van der Waals surface area contributed by atoms with Crippen molar-refractivity contribution in [1.29, 1.82) is 0 Å². The molecule has 7 nitrogen and oxygen atoms in total. The molecule has 0 bridgehead atoms. The third-order valence-electron chi connectivity index (χ3n) is 6.96. The van der Waals surface area contributed by atoms with Gasteiger partial charge in [-0.25, -0.2) is 0 Å². The maximum atomic E-state index is 13.3. The number of hydrogen-bond acceptors (Lipinski definition) is 5. The number of carbonyl (C=O) groups is 3. The molecule has 37 heavy (non-hydrogen) atoms. The molecule has 0 spiro atoms. The zero-order valence-electron chi connectivity index (χ0n) is 25.0. The van der Waals surface area contributed by atoms with Crippen LogP contribution in [0.3, 0.4) is 0 Å². The van der Waals surface area contributed by atoms with E-state index in [-0.39, 0.29) is 42.0 Å². The van der Waals surface area contributed by atoms with Crippen molar-refractivity contribution in [3.8, 4) is 0 Å². The van der Waals surface area contributed by atoms with Gasteiger partial charge in [-0.15, -0.1) is 6.58 Å². The SMILES string of the molecule is C=CCC(CC(=O)NCCCCCC)NC(C)(C)C(C)C(=O)CC(NC(C)C)C(=O)NCCCCCC. The van der Waals surface area contributed by atoms with Gasteiger partial charge in [0.15, 0.2) is 0 Å². The van der Waals surface area contributed by atoms with Crippen molar-refractivity contribution in [2.45, 2.75) is 143 Å². The highest BCUT2D eigenvalue weighted by Gasteiger charge is 2.35. The highest BCUT2D eigenvalue weighted by molar-refractivity contribution is 5.90. The first-order valence-electron chi connectivity index (χ1n) is 14.7. The fourth-order valence-electron chi connectivity index (χ4n) is 4.42. The summed E-state index contributed by atoms with van der Waals surface area (Å²) < 4.78 is 0. The molecule has 0 rings (SSSR count). The van der Waals surface area contributed by atoms with E-state index in [1.54, 1.807) is 0 Å². The summed E-state index contributed by atoms with van der Waals surface area (Å²) in [6.45, 7) is 19.4. The van der Waals surface area contributed by atoms with Crippen LogP contribution in [0.25, 0.3) is 0 Å². The third kappa shape index (κ3) is 16.7. The maximum absolute atomic E-state index is 13.3. The van der Waals surface area contributed by atoms with Gasteiger partial charge in [0.05, 0.1) is 6.04 Å². The Kier molecular flexibility index (Phi) is 19.3. The van der Waals surface area contributed by atoms with Gasteiger partial charge in [0.25, 0.3) is 0 Å². The van der Waals surface area contributed by atoms with E-state index in [0.29, 0.717) is 25.9 Å². The van der Waals surface area contributed by atoms with Crippen LogP contribution in [-0.2, 0) is 14.4 Å². The average molecular weight is 523 g/mol. The Morgan fingerprint density at radius 1 is 0.838 bits per heavy atom. The van der Waals surface area contributed by atoms with E-state index in [1.165, 1.54) is 12.8 Å². The van der Waals surface area contributed by atoms with Gasteiger partial charge >= 0.3 is 0 Å². The van der Waals surface area contributed by atoms with Crippen molar-refractivity contribution in [3.63, 3.8) is 0 Å². The lowest BCUT2D eigenvalue weighted by Crippen LogP contribution is -2.55. The molecule has 3 atom stereocenters. The summed E-state index contributed by atoms with van der Waals surface area (Å²) in [6, 6.07) is -0.587. The molecule has 4 N–H and O–H groups in total. The standard InChI is InChI=1S/C30H58N4O3/c1-9-12-14-16-19-31-28(36)21-25(18-11-3)34-30(7,8)24(6)27(35)22-26(33-23(4)5)29(37)32-20-17-15-13-10-2/h11,23-26,33-34H,3,9-10,12-22H2,1-2,4-8H3,(H,31,36)(H,32,37). The van der Waals surface area contributed by atoms with E-state index in [0.717, 1.165) is 38.5 Å². The van der Waals surface area contributed by atoms with Crippen LogP contribution in [0.15, 0.2) is 12.7 Å². The van der Waals surface area contributed by atoms with Gasteiger partial charge in [0.2, 0.25) is 11.8 Å². The monoisotopic (exact) mass is 522 g/mol. The summed E-state index contributed by atoms with van der Waals surface area (Å²) in [5.41, 5.74) is -0.550. The molecule has 0 aromatic heterocycles. The summed E-state index contributed by atoms with van der Waals surface area (Å²) in [4.78, 5) is 38.7. The summed E-state index contributed by atoms with van der Waals surface area (Å²) >= 11 is 0. The fraction of sp³-hybridized carbons (Fsp3) is 0.833. The number of ketones is 1. The predicted octanol–water partition coefficient (Wildman–Crippen LogP) is 5.04. The van der Waals surface area contributed by atoms with Crippen LogP contribution in [0.1, 0.15) is 119 Å². The van der Waals surface area contributed by atoms with Gasteiger partial charge in [-0.2, -0.15) is 0 Å². The van der Waals surface area contributed by atoms with E-state index >= 15 is 0 Å². The van der Waals surface area contributed by atoms with Crippen molar-refractivity contribution >= 4 is 17.6 Å². The van der Waals surface area contributed by atoms with Gasteiger partial charge in [0.1, 0.15) is 5.78 Å². The molecule has 0 saturated heterocycles. The first-order valence-corrected chi connectivity index (χ1v) is 14.7. The minimum absolute atomic E-state index is 0.0161. The number of unbranched alkanes of at least 4 members (excludes halogenated alkanes) is 6. The minimum atomic E-state index is -0.556. The number of amides is 2. The summed E-state index contributed by atoms with van der Waals surface area (Å²) in [5, 5.41) is 12.8. The molecular weight excluding hydrogens is 464 g/mol. The van der Waals surface area contributed by atoms with Crippen LogP contribution in [-0.4, -0.2) is 54.4 Å². The molecule has 0 aromatic rings. The largest absolute Gasteiger partial charge is 0.356 e. The number of hydrogen-bond donors (Lipinski definition) is 4. The topological polar surface area (TPSA) is 99.3 Å². The minimum Gasteiger partial charge on any atom is -0.356 e. The number of rotatable bonds is 23. The van der Waals surface area contributed by atoms with Crippen LogP contribution in [0.5, 0.6) is 0 Å². The first kappa shape index (κ1) is 35.3. The van der Waals surface area contributed by atoms with Gasteiger partial charge in [-0.05, 0) is 33.1 Å². The normalized spacial score (nSPS) is 14.2.